The summed E-state index contributed by atoms with van der Waals surface area (Å²) in [6.45, 7) is 16.1. The third kappa shape index (κ3) is 3.75. The second kappa shape index (κ2) is 6.85. The molecule has 0 spiro atoms. The average molecular weight is 225 g/mol. The van der Waals surface area contributed by atoms with E-state index in [0.29, 0.717) is 12.2 Å². The molecule has 0 rings (SSSR count). The predicted molar refractivity (Wildman–Crippen MR) is 70.7 cm³/mol. The van der Waals surface area contributed by atoms with E-state index >= 15 is 0 Å². The summed E-state index contributed by atoms with van der Waals surface area (Å²) in [4.78, 5) is 14.5. The van der Waals surface area contributed by atoms with Crippen LogP contribution < -0.4 is 0 Å². The molecule has 0 saturated heterocycles. The van der Waals surface area contributed by atoms with Crippen LogP contribution in [-0.2, 0) is 4.79 Å². The summed E-state index contributed by atoms with van der Waals surface area (Å²) in [7, 11) is 0. The third-order valence-electron chi connectivity index (χ3n) is 3.53. The van der Waals surface area contributed by atoms with Crippen molar-refractivity contribution in [2.24, 2.45) is 0 Å². The van der Waals surface area contributed by atoms with Crippen LogP contribution >= 0.6 is 0 Å². The van der Waals surface area contributed by atoms with E-state index < -0.39 is 0 Å². The number of likely N-dealkylation sites (N-methyl/N-ethyl adjacent to an activating group) is 1. The van der Waals surface area contributed by atoms with Crippen molar-refractivity contribution in [3.05, 3.63) is 12.2 Å². The summed E-state index contributed by atoms with van der Waals surface area (Å²) in [5, 5.41) is 0. The molecule has 0 fully saturated rings. The number of ketones is 1. The Labute approximate surface area is 101 Å². The SMILES string of the molecule is C=C(C)CCC(=O)C(C)(CC)N(CC)CC. The molecule has 0 aromatic rings. The van der Waals surface area contributed by atoms with E-state index in [1.807, 2.05) is 6.92 Å². The van der Waals surface area contributed by atoms with Crippen molar-refractivity contribution < 1.29 is 4.79 Å². The van der Waals surface area contributed by atoms with Crippen molar-refractivity contribution in [3.8, 4) is 0 Å². The van der Waals surface area contributed by atoms with Gasteiger partial charge in [0.15, 0.2) is 5.78 Å². The Morgan fingerprint density at radius 2 is 1.69 bits per heavy atom. The summed E-state index contributed by atoms with van der Waals surface area (Å²) >= 11 is 0. The van der Waals surface area contributed by atoms with Gasteiger partial charge in [-0.05, 0) is 39.8 Å². The number of Topliss-reactive ketones (excluding diaryl/α,β-unsaturated/α-hetero) is 1. The van der Waals surface area contributed by atoms with Crippen molar-refractivity contribution in [1.29, 1.82) is 0 Å². The van der Waals surface area contributed by atoms with Gasteiger partial charge in [-0.15, -0.1) is 6.58 Å². The largest absolute Gasteiger partial charge is 0.298 e. The predicted octanol–water partition coefficient (Wildman–Crippen LogP) is 3.42. The van der Waals surface area contributed by atoms with Crippen molar-refractivity contribution in [2.45, 2.75) is 59.4 Å². The zero-order chi connectivity index (χ0) is 12.8. The smallest absolute Gasteiger partial charge is 0.153 e. The highest BCUT2D eigenvalue weighted by Crippen LogP contribution is 2.23. The van der Waals surface area contributed by atoms with Crippen LogP contribution in [0.15, 0.2) is 12.2 Å². The third-order valence-corrected chi connectivity index (χ3v) is 3.53. The molecule has 2 heteroatoms. The fourth-order valence-electron chi connectivity index (χ4n) is 2.11. The number of carbonyl (C=O) groups is 1. The Kier molecular flexibility index (Phi) is 6.58. The normalized spacial score (nSPS) is 14.9. The van der Waals surface area contributed by atoms with Gasteiger partial charge in [0.25, 0.3) is 0 Å². The molecule has 0 radical (unpaired) electrons. The molecule has 2 nitrogen and oxygen atoms in total. The lowest BCUT2D eigenvalue weighted by Crippen LogP contribution is -2.51. The fourth-order valence-corrected chi connectivity index (χ4v) is 2.11. The lowest BCUT2D eigenvalue weighted by Gasteiger charge is -2.38. The highest BCUT2D eigenvalue weighted by Gasteiger charge is 2.34. The van der Waals surface area contributed by atoms with Gasteiger partial charge < -0.3 is 0 Å². The lowest BCUT2D eigenvalue weighted by atomic mass is 9.87. The van der Waals surface area contributed by atoms with E-state index in [4.69, 9.17) is 0 Å². The number of hydrogen-bond donors (Lipinski definition) is 0. The molecular weight excluding hydrogens is 198 g/mol. The average Bonchev–Trinajstić information content (AvgIpc) is 2.26. The van der Waals surface area contributed by atoms with Crippen molar-refractivity contribution >= 4 is 5.78 Å². The zero-order valence-corrected chi connectivity index (χ0v) is 11.6. The minimum atomic E-state index is -0.293. The van der Waals surface area contributed by atoms with Gasteiger partial charge in [-0.3, -0.25) is 9.69 Å². The Morgan fingerprint density at radius 1 is 1.19 bits per heavy atom. The van der Waals surface area contributed by atoms with Crippen LogP contribution in [0.4, 0.5) is 0 Å². The van der Waals surface area contributed by atoms with Crippen LogP contribution in [0, 0.1) is 0 Å². The molecule has 1 atom stereocenters. The van der Waals surface area contributed by atoms with E-state index in [1.54, 1.807) is 0 Å². The van der Waals surface area contributed by atoms with E-state index in [0.717, 1.165) is 31.5 Å². The van der Waals surface area contributed by atoms with Gasteiger partial charge in [-0.1, -0.05) is 26.3 Å². The second-order valence-electron chi connectivity index (χ2n) is 4.68. The van der Waals surface area contributed by atoms with Gasteiger partial charge >= 0.3 is 0 Å². The number of nitrogens with zero attached hydrogens (tertiary/aromatic N) is 1. The highest BCUT2D eigenvalue weighted by molar-refractivity contribution is 5.88. The van der Waals surface area contributed by atoms with Gasteiger partial charge in [-0.2, -0.15) is 0 Å². The Balaban J connectivity index is 4.66. The van der Waals surface area contributed by atoms with Crippen LogP contribution in [0.1, 0.15) is 53.9 Å². The van der Waals surface area contributed by atoms with E-state index in [1.165, 1.54) is 0 Å². The van der Waals surface area contributed by atoms with Crippen molar-refractivity contribution in [3.63, 3.8) is 0 Å². The van der Waals surface area contributed by atoms with Gasteiger partial charge in [0.1, 0.15) is 0 Å². The summed E-state index contributed by atoms with van der Waals surface area (Å²) < 4.78 is 0. The standard InChI is InChI=1S/C14H27NO/c1-7-14(6,15(8-2)9-3)13(16)11-10-12(4)5/h4,7-11H2,1-3,5-6H3. The molecule has 16 heavy (non-hydrogen) atoms. The first-order chi connectivity index (χ1) is 7.42. The molecule has 1 unspecified atom stereocenters. The highest BCUT2D eigenvalue weighted by atomic mass is 16.1. The number of allylic oxidation sites excluding steroid dienone is 1. The van der Waals surface area contributed by atoms with Crippen molar-refractivity contribution in [1.82, 2.24) is 4.90 Å². The maximum atomic E-state index is 12.3. The van der Waals surface area contributed by atoms with Gasteiger partial charge in [0.2, 0.25) is 0 Å². The molecule has 0 aliphatic heterocycles. The summed E-state index contributed by atoms with van der Waals surface area (Å²) in [5.41, 5.74) is 0.797. The fraction of sp³-hybridized carbons (Fsp3) is 0.786. The Bertz CT molecular complexity index is 243. The minimum absolute atomic E-state index is 0.293. The molecule has 0 bridgehead atoms. The van der Waals surface area contributed by atoms with Crippen LogP contribution in [0.2, 0.25) is 0 Å². The quantitative estimate of drug-likeness (QED) is 0.590. The van der Waals surface area contributed by atoms with Crippen LogP contribution in [-0.4, -0.2) is 29.3 Å². The van der Waals surface area contributed by atoms with E-state index in [9.17, 15) is 4.79 Å². The molecule has 0 N–H and O–H groups in total. The molecule has 0 aliphatic carbocycles. The molecular formula is C14H27NO. The van der Waals surface area contributed by atoms with Gasteiger partial charge in [0.05, 0.1) is 5.54 Å². The van der Waals surface area contributed by atoms with Gasteiger partial charge in [0, 0.05) is 6.42 Å². The summed E-state index contributed by atoms with van der Waals surface area (Å²) in [6, 6.07) is 0. The molecule has 0 aromatic heterocycles. The first kappa shape index (κ1) is 15.4. The maximum absolute atomic E-state index is 12.3. The van der Waals surface area contributed by atoms with Crippen molar-refractivity contribution in [2.75, 3.05) is 13.1 Å². The molecule has 0 amide bonds. The number of rotatable bonds is 8. The molecule has 0 aromatic carbocycles. The van der Waals surface area contributed by atoms with E-state index in [-0.39, 0.29) is 5.54 Å². The second-order valence-corrected chi connectivity index (χ2v) is 4.68. The summed E-state index contributed by atoms with van der Waals surface area (Å²) in [6.07, 6.45) is 2.32. The first-order valence-electron chi connectivity index (χ1n) is 6.35. The number of carbonyl (C=O) groups excluding carboxylic acids is 1. The number of hydrogen-bond acceptors (Lipinski definition) is 2. The van der Waals surface area contributed by atoms with E-state index in [2.05, 4.69) is 39.2 Å². The van der Waals surface area contributed by atoms with Crippen LogP contribution in [0.5, 0.6) is 0 Å². The molecule has 0 heterocycles. The minimum Gasteiger partial charge on any atom is -0.298 e. The molecule has 94 valence electrons. The first-order valence-corrected chi connectivity index (χ1v) is 6.35. The summed E-state index contributed by atoms with van der Waals surface area (Å²) in [5.74, 6) is 0.349. The van der Waals surface area contributed by atoms with Crippen LogP contribution in [0.25, 0.3) is 0 Å². The lowest BCUT2D eigenvalue weighted by molar-refractivity contribution is -0.130. The van der Waals surface area contributed by atoms with Crippen LogP contribution in [0.3, 0.4) is 0 Å². The Morgan fingerprint density at radius 3 is 2.00 bits per heavy atom. The van der Waals surface area contributed by atoms with Gasteiger partial charge in [-0.25, -0.2) is 0 Å². The molecule has 0 saturated carbocycles. The maximum Gasteiger partial charge on any atom is 0.153 e. The topological polar surface area (TPSA) is 20.3 Å². The monoisotopic (exact) mass is 225 g/mol. The Hall–Kier alpha value is -0.630. The molecule has 0 aliphatic rings. The zero-order valence-electron chi connectivity index (χ0n) is 11.6.